The number of fused-ring (bicyclic) bond motifs is 1. The lowest BCUT2D eigenvalue weighted by Gasteiger charge is -2.22. The molecule has 0 bridgehead atoms. The summed E-state index contributed by atoms with van der Waals surface area (Å²) in [6.45, 7) is 8.97. The van der Waals surface area contributed by atoms with Gasteiger partial charge in [-0.15, -0.1) is 0 Å². The lowest BCUT2D eigenvalue weighted by atomic mass is 9.82. The Hall–Kier alpha value is -2.68. The van der Waals surface area contributed by atoms with E-state index in [0.717, 1.165) is 12.0 Å². The van der Waals surface area contributed by atoms with Crippen LogP contribution in [0.5, 0.6) is 0 Å². The predicted molar refractivity (Wildman–Crippen MR) is 104 cm³/mol. The number of hydrogen-bond acceptors (Lipinski definition) is 2. The van der Waals surface area contributed by atoms with Gasteiger partial charge in [-0.25, -0.2) is 4.79 Å². The maximum Gasteiger partial charge on any atom is 0.335 e. The third-order valence-corrected chi connectivity index (χ3v) is 5.23. The van der Waals surface area contributed by atoms with E-state index in [2.05, 4.69) is 33.8 Å². The SMILES string of the molecule is CC1(C)CC(C)(C)c2cc(C(=O)C=Cc3ccc(C(=O)O)cc3)ccc21. The van der Waals surface area contributed by atoms with Crippen LogP contribution in [0.15, 0.2) is 48.5 Å². The average Bonchev–Trinajstić information content (AvgIpc) is 2.77. The number of carbonyl (C=O) groups is 2. The van der Waals surface area contributed by atoms with Gasteiger partial charge in [-0.2, -0.15) is 0 Å². The van der Waals surface area contributed by atoms with Crippen LogP contribution >= 0.6 is 0 Å². The molecule has 0 spiro atoms. The Morgan fingerprint density at radius 3 is 2.08 bits per heavy atom. The van der Waals surface area contributed by atoms with Crippen LogP contribution in [0.1, 0.15) is 71.5 Å². The van der Waals surface area contributed by atoms with Gasteiger partial charge >= 0.3 is 5.97 Å². The minimum atomic E-state index is -0.958. The van der Waals surface area contributed by atoms with E-state index in [1.807, 2.05) is 12.1 Å². The monoisotopic (exact) mass is 348 g/mol. The smallest absolute Gasteiger partial charge is 0.335 e. The largest absolute Gasteiger partial charge is 0.478 e. The highest BCUT2D eigenvalue weighted by atomic mass is 16.4. The van der Waals surface area contributed by atoms with Crippen LogP contribution in [0.25, 0.3) is 6.08 Å². The summed E-state index contributed by atoms with van der Waals surface area (Å²) >= 11 is 0. The normalized spacial score (nSPS) is 17.2. The average molecular weight is 348 g/mol. The fraction of sp³-hybridized carbons (Fsp3) is 0.304. The van der Waals surface area contributed by atoms with Crippen molar-refractivity contribution in [1.82, 2.24) is 0 Å². The quantitative estimate of drug-likeness (QED) is 0.607. The van der Waals surface area contributed by atoms with Crippen molar-refractivity contribution in [2.24, 2.45) is 0 Å². The summed E-state index contributed by atoms with van der Waals surface area (Å²) in [4.78, 5) is 23.5. The van der Waals surface area contributed by atoms with Crippen molar-refractivity contribution < 1.29 is 14.7 Å². The molecule has 1 aliphatic carbocycles. The molecule has 0 saturated carbocycles. The molecule has 0 radical (unpaired) electrons. The zero-order valence-electron chi connectivity index (χ0n) is 15.7. The molecule has 1 aliphatic rings. The maximum atomic E-state index is 12.6. The first-order valence-electron chi connectivity index (χ1n) is 8.81. The standard InChI is InChI=1S/C23H24O3/c1-22(2)14-23(3,4)19-13-17(10-11-18(19)22)20(24)12-7-15-5-8-16(9-6-15)21(25)26/h5-13H,14H2,1-4H3,(H,25,26). The number of aromatic carboxylic acids is 1. The van der Waals surface area contributed by atoms with E-state index < -0.39 is 5.97 Å². The van der Waals surface area contributed by atoms with Crippen LogP contribution < -0.4 is 0 Å². The molecule has 2 aromatic carbocycles. The second-order valence-corrected chi connectivity index (χ2v) is 8.33. The van der Waals surface area contributed by atoms with Crippen LogP contribution in [0.4, 0.5) is 0 Å². The summed E-state index contributed by atoms with van der Waals surface area (Å²) in [6.07, 6.45) is 4.33. The molecule has 134 valence electrons. The van der Waals surface area contributed by atoms with Gasteiger partial charge in [-0.1, -0.05) is 58.0 Å². The van der Waals surface area contributed by atoms with Crippen molar-refractivity contribution >= 4 is 17.8 Å². The highest BCUT2D eigenvalue weighted by molar-refractivity contribution is 6.07. The molecule has 2 aromatic rings. The number of rotatable bonds is 4. The van der Waals surface area contributed by atoms with Crippen LogP contribution in [0.3, 0.4) is 0 Å². The van der Waals surface area contributed by atoms with Gasteiger partial charge in [0.2, 0.25) is 0 Å². The topological polar surface area (TPSA) is 54.4 Å². The Labute approximate surface area is 154 Å². The summed E-state index contributed by atoms with van der Waals surface area (Å²) in [7, 11) is 0. The van der Waals surface area contributed by atoms with Crippen molar-refractivity contribution in [3.63, 3.8) is 0 Å². The number of ketones is 1. The second kappa shape index (κ2) is 6.24. The molecule has 3 rings (SSSR count). The zero-order valence-corrected chi connectivity index (χ0v) is 15.7. The van der Waals surface area contributed by atoms with Gasteiger partial charge in [0.05, 0.1) is 5.56 Å². The third-order valence-electron chi connectivity index (χ3n) is 5.23. The van der Waals surface area contributed by atoms with E-state index in [-0.39, 0.29) is 22.2 Å². The number of carboxylic acids is 1. The first-order chi connectivity index (χ1) is 12.1. The van der Waals surface area contributed by atoms with Gasteiger partial charge < -0.3 is 5.11 Å². The highest BCUT2D eigenvalue weighted by Crippen LogP contribution is 2.49. The molecular weight excluding hydrogens is 324 g/mol. The molecule has 0 aromatic heterocycles. The second-order valence-electron chi connectivity index (χ2n) is 8.33. The molecule has 0 amide bonds. The minimum Gasteiger partial charge on any atom is -0.478 e. The van der Waals surface area contributed by atoms with E-state index in [1.165, 1.54) is 23.3 Å². The van der Waals surface area contributed by atoms with Gasteiger partial charge in [-0.3, -0.25) is 4.79 Å². The molecule has 3 heteroatoms. The van der Waals surface area contributed by atoms with Gasteiger partial charge in [0.1, 0.15) is 0 Å². The zero-order chi connectivity index (χ0) is 19.1. The Kier molecular flexibility index (Phi) is 4.35. The molecule has 0 aliphatic heterocycles. The van der Waals surface area contributed by atoms with E-state index >= 15 is 0 Å². The number of benzene rings is 2. The fourth-order valence-corrected chi connectivity index (χ4v) is 4.15. The minimum absolute atomic E-state index is 0.0457. The fourth-order valence-electron chi connectivity index (χ4n) is 4.15. The van der Waals surface area contributed by atoms with Crippen LogP contribution in [0.2, 0.25) is 0 Å². The lowest BCUT2D eigenvalue weighted by Crippen LogP contribution is -2.18. The van der Waals surface area contributed by atoms with Crippen LogP contribution in [0, 0.1) is 0 Å². The highest BCUT2D eigenvalue weighted by Gasteiger charge is 2.41. The van der Waals surface area contributed by atoms with Crippen molar-refractivity contribution in [1.29, 1.82) is 0 Å². The first-order valence-corrected chi connectivity index (χ1v) is 8.81. The number of carboxylic acid groups (broad SMARTS) is 1. The number of allylic oxidation sites excluding steroid dienone is 1. The molecular formula is C23H24O3. The summed E-state index contributed by atoms with van der Waals surface area (Å²) in [5.74, 6) is -1.00. The van der Waals surface area contributed by atoms with E-state index in [0.29, 0.717) is 5.56 Å². The molecule has 1 N–H and O–H groups in total. The Bertz CT molecular complexity index is 900. The third kappa shape index (κ3) is 3.34. The first kappa shape index (κ1) is 18.1. The molecule has 0 heterocycles. The molecule has 0 saturated heterocycles. The number of carbonyl (C=O) groups excluding carboxylic acids is 1. The van der Waals surface area contributed by atoms with Gasteiger partial charge in [0, 0.05) is 5.56 Å². The number of hydrogen-bond donors (Lipinski definition) is 1. The molecule has 3 nitrogen and oxygen atoms in total. The van der Waals surface area contributed by atoms with Gasteiger partial charge in [0.15, 0.2) is 5.78 Å². The summed E-state index contributed by atoms with van der Waals surface area (Å²) in [5, 5.41) is 8.93. The van der Waals surface area contributed by atoms with Crippen LogP contribution in [-0.2, 0) is 10.8 Å². The van der Waals surface area contributed by atoms with E-state index in [1.54, 1.807) is 24.3 Å². The van der Waals surface area contributed by atoms with Crippen molar-refractivity contribution in [3.8, 4) is 0 Å². The van der Waals surface area contributed by atoms with E-state index in [4.69, 9.17) is 5.11 Å². The summed E-state index contributed by atoms with van der Waals surface area (Å²) < 4.78 is 0. The molecule has 0 fully saturated rings. The molecule has 0 atom stereocenters. The lowest BCUT2D eigenvalue weighted by molar-refractivity contribution is 0.0696. The predicted octanol–water partition coefficient (Wildman–Crippen LogP) is 5.24. The summed E-state index contributed by atoms with van der Waals surface area (Å²) in [6, 6.07) is 12.5. The van der Waals surface area contributed by atoms with Crippen molar-refractivity contribution in [3.05, 3.63) is 76.4 Å². The Morgan fingerprint density at radius 1 is 0.885 bits per heavy atom. The Balaban J connectivity index is 1.84. The van der Waals surface area contributed by atoms with Gasteiger partial charge in [-0.05, 0) is 58.2 Å². The maximum absolute atomic E-state index is 12.6. The molecule has 26 heavy (non-hydrogen) atoms. The van der Waals surface area contributed by atoms with Crippen LogP contribution in [-0.4, -0.2) is 16.9 Å². The molecule has 0 unspecified atom stereocenters. The van der Waals surface area contributed by atoms with Crippen molar-refractivity contribution in [2.75, 3.05) is 0 Å². The Morgan fingerprint density at radius 2 is 1.46 bits per heavy atom. The van der Waals surface area contributed by atoms with E-state index in [9.17, 15) is 9.59 Å². The van der Waals surface area contributed by atoms with Crippen molar-refractivity contribution in [2.45, 2.75) is 44.9 Å². The summed E-state index contributed by atoms with van der Waals surface area (Å²) in [5.41, 5.74) is 4.49. The van der Waals surface area contributed by atoms with Gasteiger partial charge in [0.25, 0.3) is 0 Å².